The molecule has 0 aliphatic heterocycles. The predicted octanol–water partition coefficient (Wildman–Crippen LogP) is 2.80. The smallest absolute Gasteiger partial charge is 0.339 e. The van der Waals surface area contributed by atoms with Gasteiger partial charge in [0.05, 0.1) is 11.9 Å². The Balaban J connectivity index is 1.99. The van der Waals surface area contributed by atoms with Crippen molar-refractivity contribution in [2.75, 3.05) is 11.1 Å². The van der Waals surface area contributed by atoms with Crippen molar-refractivity contribution < 1.29 is 9.90 Å². The van der Waals surface area contributed by atoms with E-state index in [0.29, 0.717) is 11.5 Å². The number of nitrogens with zero attached hydrogens (tertiary/aromatic N) is 1. The monoisotopic (exact) mass is 285 g/mol. The van der Waals surface area contributed by atoms with Crippen LogP contribution in [0.5, 0.6) is 0 Å². The van der Waals surface area contributed by atoms with Crippen LogP contribution in [0.25, 0.3) is 0 Å². The molecule has 1 unspecified atom stereocenters. The highest BCUT2D eigenvalue weighted by atomic mass is 16.4. The molecule has 0 bridgehead atoms. The lowest BCUT2D eigenvalue weighted by Gasteiger charge is -2.16. The molecule has 0 saturated carbocycles. The number of nitrogen functional groups attached to an aromatic ring is 1. The average Bonchev–Trinajstić information content (AvgIpc) is 2.48. The predicted molar refractivity (Wildman–Crippen MR) is 83.5 cm³/mol. The summed E-state index contributed by atoms with van der Waals surface area (Å²) in [5.41, 5.74) is 7.28. The zero-order chi connectivity index (χ0) is 15.2. The molecule has 4 N–H and O–H groups in total. The SMILES string of the molecule is CC(CCc1ccccc1)Nc1ncc(N)cc1C(=O)O. The van der Waals surface area contributed by atoms with Gasteiger partial charge in [-0.2, -0.15) is 0 Å². The number of pyridine rings is 1. The van der Waals surface area contributed by atoms with Gasteiger partial charge in [-0.1, -0.05) is 30.3 Å². The lowest BCUT2D eigenvalue weighted by molar-refractivity contribution is 0.0697. The molecule has 5 heteroatoms. The number of carboxylic acid groups (broad SMARTS) is 1. The minimum absolute atomic E-state index is 0.0987. The Morgan fingerprint density at radius 3 is 2.76 bits per heavy atom. The van der Waals surface area contributed by atoms with Crippen LogP contribution in [0, 0.1) is 0 Å². The Morgan fingerprint density at radius 1 is 1.38 bits per heavy atom. The summed E-state index contributed by atoms with van der Waals surface area (Å²) in [6.07, 6.45) is 3.26. The van der Waals surface area contributed by atoms with Crippen LogP contribution in [-0.2, 0) is 6.42 Å². The summed E-state index contributed by atoms with van der Waals surface area (Å²) in [6, 6.07) is 11.7. The van der Waals surface area contributed by atoms with Crippen LogP contribution in [0.4, 0.5) is 11.5 Å². The van der Waals surface area contributed by atoms with E-state index in [1.54, 1.807) is 0 Å². The molecule has 1 heterocycles. The third-order valence-electron chi connectivity index (χ3n) is 3.23. The number of hydrogen-bond acceptors (Lipinski definition) is 4. The molecule has 0 saturated heterocycles. The minimum atomic E-state index is -1.03. The van der Waals surface area contributed by atoms with Gasteiger partial charge in [0.15, 0.2) is 0 Å². The second kappa shape index (κ2) is 6.74. The van der Waals surface area contributed by atoms with Crippen molar-refractivity contribution in [1.29, 1.82) is 0 Å². The molecular formula is C16H19N3O2. The highest BCUT2D eigenvalue weighted by Gasteiger charge is 2.14. The Bertz CT molecular complexity index is 614. The van der Waals surface area contributed by atoms with E-state index in [4.69, 9.17) is 5.73 Å². The zero-order valence-electron chi connectivity index (χ0n) is 11.9. The number of aromatic nitrogens is 1. The van der Waals surface area contributed by atoms with Crippen molar-refractivity contribution >= 4 is 17.5 Å². The van der Waals surface area contributed by atoms with E-state index >= 15 is 0 Å². The zero-order valence-corrected chi connectivity index (χ0v) is 11.9. The van der Waals surface area contributed by atoms with Crippen molar-refractivity contribution in [2.24, 2.45) is 0 Å². The van der Waals surface area contributed by atoms with E-state index in [2.05, 4.69) is 22.4 Å². The van der Waals surface area contributed by atoms with Crippen LogP contribution >= 0.6 is 0 Å². The maximum atomic E-state index is 11.2. The Hall–Kier alpha value is -2.56. The number of nitrogens with two attached hydrogens (primary N) is 1. The standard InChI is InChI=1S/C16H19N3O2/c1-11(7-8-12-5-3-2-4-6-12)19-15-14(16(20)21)9-13(17)10-18-15/h2-6,9-11H,7-8,17H2,1H3,(H,18,19)(H,20,21). The van der Waals surface area contributed by atoms with E-state index < -0.39 is 5.97 Å². The van der Waals surface area contributed by atoms with Crippen molar-refractivity contribution in [2.45, 2.75) is 25.8 Å². The molecule has 1 aromatic heterocycles. The number of carbonyl (C=O) groups is 1. The molecule has 0 spiro atoms. The maximum Gasteiger partial charge on any atom is 0.339 e. The van der Waals surface area contributed by atoms with Gasteiger partial charge in [-0.15, -0.1) is 0 Å². The molecule has 0 aliphatic carbocycles. The molecule has 1 atom stereocenters. The van der Waals surface area contributed by atoms with Crippen LogP contribution in [-0.4, -0.2) is 22.1 Å². The summed E-state index contributed by atoms with van der Waals surface area (Å²) in [4.78, 5) is 15.3. The molecule has 1 aromatic carbocycles. The van der Waals surface area contributed by atoms with Gasteiger partial charge < -0.3 is 16.2 Å². The summed E-state index contributed by atoms with van der Waals surface area (Å²) in [7, 11) is 0. The second-order valence-corrected chi connectivity index (χ2v) is 5.04. The van der Waals surface area contributed by atoms with Crippen molar-refractivity contribution in [1.82, 2.24) is 4.98 Å². The highest BCUT2D eigenvalue weighted by molar-refractivity contribution is 5.94. The average molecular weight is 285 g/mol. The van der Waals surface area contributed by atoms with Crippen molar-refractivity contribution in [3.63, 3.8) is 0 Å². The van der Waals surface area contributed by atoms with Gasteiger partial charge in [-0.25, -0.2) is 9.78 Å². The molecular weight excluding hydrogens is 266 g/mol. The van der Waals surface area contributed by atoms with E-state index in [1.165, 1.54) is 17.8 Å². The Labute approximate surface area is 123 Å². The number of benzene rings is 1. The number of aryl methyl sites for hydroxylation is 1. The molecule has 2 aromatic rings. The number of nitrogens with one attached hydrogen (secondary N) is 1. The van der Waals surface area contributed by atoms with Gasteiger partial charge in [-0.3, -0.25) is 0 Å². The first-order chi connectivity index (χ1) is 10.1. The number of rotatable bonds is 6. The minimum Gasteiger partial charge on any atom is -0.478 e. The quantitative estimate of drug-likeness (QED) is 0.759. The molecule has 0 fully saturated rings. The number of anilines is 2. The first-order valence-electron chi connectivity index (χ1n) is 6.85. The third-order valence-corrected chi connectivity index (χ3v) is 3.23. The van der Waals surface area contributed by atoms with Crippen LogP contribution in [0.15, 0.2) is 42.6 Å². The van der Waals surface area contributed by atoms with Gasteiger partial charge in [0, 0.05) is 6.04 Å². The summed E-state index contributed by atoms with van der Waals surface area (Å²) >= 11 is 0. The van der Waals surface area contributed by atoms with Crippen molar-refractivity contribution in [3.05, 3.63) is 53.7 Å². The van der Waals surface area contributed by atoms with Crippen LogP contribution in [0.1, 0.15) is 29.3 Å². The first kappa shape index (κ1) is 14.8. The lowest BCUT2D eigenvalue weighted by atomic mass is 10.1. The Kier molecular flexibility index (Phi) is 4.77. The molecule has 2 rings (SSSR count). The van der Waals surface area contributed by atoms with Gasteiger partial charge in [0.2, 0.25) is 0 Å². The number of aromatic carboxylic acids is 1. The van der Waals surface area contributed by atoms with Crippen LogP contribution in [0.2, 0.25) is 0 Å². The summed E-state index contributed by atoms with van der Waals surface area (Å²) in [6.45, 7) is 2.01. The molecule has 110 valence electrons. The summed E-state index contributed by atoms with van der Waals surface area (Å²) < 4.78 is 0. The number of hydrogen-bond donors (Lipinski definition) is 3. The van der Waals surface area contributed by atoms with Crippen molar-refractivity contribution in [3.8, 4) is 0 Å². The van der Waals surface area contributed by atoms with Gasteiger partial charge >= 0.3 is 5.97 Å². The van der Waals surface area contributed by atoms with E-state index in [9.17, 15) is 9.90 Å². The summed E-state index contributed by atoms with van der Waals surface area (Å²) in [5.74, 6) is -0.676. The highest BCUT2D eigenvalue weighted by Crippen LogP contribution is 2.17. The lowest BCUT2D eigenvalue weighted by Crippen LogP contribution is -2.19. The second-order valence-electron chi connectivity index (χ2n) is 5.04. The molecule has 21 heavy (non-hydrogen) atoms. The van der Waals surface area contributed by atoms with Gasteiger partial charge in [0.25, 0.3) is 0 Å². The van der Waals surface area contributed by atoms with E-state index in [1.807, 2.05) is 25.1 Å². The van der Waals surface area contributed by atoms with E-state index in [0.717, 1.165) is 12.8 Å². The first-order valence-corrected chi connectivity index (χ1v) is 6.85. The fourth-order valence-corrected chi connectivity index (χ4v) is 2.09. The number of carboxylic acids is 1. The molecule has 5 nitrogen and oxygen atoms in total. The third kappa shape index (κ3) is 4.21. The van der Waals surface area contributed by atoms with Gasteiger partial charge in [0.1, 0.15) is 11.4 Å². The van der Waals surface area contributed by atoms with Crippen LogP contribution in [0.3, 0.4) is 0 Å². The Morgan fingerprint density at radius 2 is 2.10 bits per heavy atom. The normalized spacial score (nSPS) is 11.9. The topological polar surface area (TPSA) is 88.2 Å². The summed E-state index contributed by atoms with van der Waals surface area (Å²) in [5, 5.41) is 12.3. The largest absolute Gasteiger partial charge is 0.478 e. The fourth-order valence-electron chi connectivity index (χ4n) is 2.09. The van der Waals surface area contributed by atoms with Gasteiger partial charge in [-0.05, 0) is 31.4 Å². The molecule has 0 radical (unpaired) electrons. The molecule has 0 aliphatic rings. The maximum absolute atomic E-state index is 11.2. The molecule has 0 amide bonds. The van der Waals surface area contributed by atoms with E-state index in [-0.39, 0.29) is 11.6 Å². The fraction of sp³-hybridized carbons (Fsp3) is 0.250. The van der Waals surface area contributed by atoms with Crippen LogP contribution < -0.4 is 11.1 Å².